The smallest absolute Gasteiger partial charge is 0.107 e. The number of aliphatic hydroxyl groups is 2. The zero-order valence-corrected chi connectivity index (χ0v) is 9.61. The Hall–Kier alpha value is -1.75. The van der Waals surface area contributed by atoms with Crippen LogP contribution in [0.3, 0.4) is 0 Å². The average molecular weight is 236 g/mol. The standard InChI is InChI=1S/C11H16N4O2/c1-2-7-3-4-9(12)8(5-7)11(17)10(16)6-14-15-13/h3-5,10-11,16-17H,2,6,12H2,1H3. The highest BCUT2D eigenvalue weighted by Crippen LogP contribution is 2.25. The molecule has 0 aromatic heterocycles. The highest BCUT2D eigenvalue weighted by atomic mass is 16.3. The monoisotopic (exact) mass is 236 g/mol. The largest absolute Gasteiger partial charge is 0.398 e. The van der Waals surface area contributed by atoms with Crippen molar-refractivity contribution in [2.24, 2.45) is 5.11 Å². The van der Waals surface area contributed by atoms with E-state index < -0.39 is 12.2 Å². The van der Waals surface area contributed by atoms with E-state index in [0.29, 0.717) is 11.3 Å². The van der Waals surface area contributed by atoms with Gasteiger partial charge in [-0.2, -0.15) is 0 Å². The van der Waals surface area contributed by atoms with Gasteiger partial charge in [0.2, 0.25) is 0 Å². The molecule has 1 rings (SSSR count). The molecular formula is C11H16N4O2. The summed E-state index contributed by atoms with van der Waals surface area (Å²) >= 11 is 0. The van der Waals surface area contributed by atoms with Gasteiger partial charge in [0.1, 0.15) is 6.10 Å². The molecule has 0 bridgehead atoms. The van der Waals surface area contributed by atoms with Crippen LogP contribution in [-0.4, -0.2) is 22.9 Å². The lowest BCUT2D eigenvalue weighted by molar-refractivity contribution is 0.0248. The minimum Gasteiger partial charge on any atom is -0.398 e. The molecule has 2 unspecified atom stereocenters. The summed E-state index contributed by atoms with van der Waals surface area (Å²) in [6.45, 7) is 1.80. The molecule has 17 heavy (non-hydrogen) atoms. The highest BCUT2D eigenvalue weighted by molar-refractivity contribution is 5.50. The zero-order valence-electron chi connectivity index (χ0n) is 9.61. The Morgan fingerprint density at radius 3 is 2.76 bits per heavy atom. The quantitative estimate of drug-likeness (QED) is 0.311. The van der Waals surface area contributed by atoms with E-state index in [9.17, 15) is 10.2 Å². The predicted octanol–water partition coefficient (Wildman–Crippen LogP) is 1.54. The van der Waals surface area contributed by atoms with Crippen molar-refractivity contribution < 1.29 is 10.2 Å². The number of nitrogens with two attached hydrogens (primary N) is 1. The second-order valence-electron chi connectivity index (χ2n) is 3.74. The van der Waals surface area contributed by atoms with Crippen molar-refractivity contribution in [1.29, 1.82) is 0 Å². The summed E-state index contributed by atoms with van der Waals surface area (Å²) in [4.78, 5) is 2.53. The molecule has 1 aromatic carbocycles. The normalized spacial score (nSPS) is 13.8. The fourth-order valence-electron chi connectivity index (χ4n) is 1.53. The number of aliphatic hydroxyl groups excluding tert-OH is 2. The minimum atomic E-state index is -1.15. The van der Waals surface area contributed by atoms with Crippen molar-refractivity contribution in [3.63, 3.8) is 0 Å². The van der Waals surface area contributed by atoms with E-state index in [0.717, 1.165) is 12.0 Å². The number of hydrogen-bond acceptors (Lipinski definition) is 4. The van der Waals surface area contributed by atoms with Gasteiger partial charge in [-0.05, 0) is 23.6 Å². The topological polar surface area (TPSA) is 115 Å². The average Bonchev–Trinajstić information content (AvgIpc) is 2.35. The maximum absolute atomic E-state index is 9.90. The second-order valence-corrected chi connectivity index (χ2v) is 3.74. The summed E-state index contributed by atoms with van der Waals surface area (Å²) in [7, 11) is 0. The lowest BCUT2D eigenvalue weighted by Crippen LogP contribution is -2.22. The first-order valence-corrected chi connectivity index (χ1v) is 5.35. The van der Waals surface area contributed by atoms with Crippen molar-refractivity contribution in [1.82, 2.24) is 0 Å². The molecule has 92 valence electrons. The van der Waals surface area contributed by atoms with Crippen molar-refractivity contribution in [2.45, 2.75) is 25.6 Å². The lowest BCUT2D eigenvalue weighted by atomic mass is 9.99. The van der Waals surface area contributed by atoms with Gasteiger partial charge < -0.3 is 15.9 Å². The van der Waals surface area contributed by atoms with E-state index in [4.69, 9.17) is 11.3 Å². The van der Waals surface area contributed by atoms with Crippen LogP contribution in [0, 0.1) is 0 Å². The van der Waals surface area contributed by atoms with Crippen LogP contribution < -0.4 is 5.73 Å². The number of benzene rings is 1. The van der Waals surface area contributed by atoms with E-state index >= 15 is 0 Å². The van der Waals surface area contributed by atoms with Gasteiger partial charge in [-0.1, -0.05) is 24.2 Å². The third-order valence-electron chi connectivity index (χ3n) is 2.57. The highest BCUT2D eigenvalue weighted by Gasteiger charge is 2.20. The SMILES string of the molecule is CCc1ccc(N)c(C(O)C(O)CN=[N+]=[N-])c1. The maximum atomic E-state index is 9.90. The van der Waals surface area contributed by atoms with E-state index in [2.05, 4.69) is 10.0 Å². The summed E-state index contributed by atoms with van der Waals surface area (Å²) in [6, 6.07) is 5.31. The van der Waals surface area contributed by atoms with Crippen LogP contribution in [0.5, 0.6) is 0 Å². The fraction of sp³-hybridized carbons (Fsp3) is 0.455. The first kappa shape index (κ1) is 13.3. The number of azide groups is 1. The van der Waals surface area contributed by atoms with Gasteiger partial charge in [0, 0.05) is 16.2 Å². The molecule has 0 saturated carbocycles. The molecule has 2 atom stereocenters. The van der Waals surface area contributed by atoms with Gasteiger partial charge in [0.05, 0.1) is 12.6 Å². The fourth-order valence-corrected chi connectivity index (χ4v) is 1.53. The van der Waals surface area contributed by atoms with E-state index in [-0.39, 0.29) is 6.54 Å². The van der Waals surface area contributed by atoms with Crippen LogP contribution >= 0.6 is 0 Å². The molecule has 0 saturated heterocycles. The molecule has 0 fully saturated rings. The van der Waals surface area contributed by atoms with E-state index in [1.807, 2.05) is 13.0 Å². The molecule has 1 aromatic rings. The predicted molar refractivity (Wildman–Crippen MR) is 65.2 cm³/mol. The van der Waals surface area contributed by atoms with Gasteiger partial charge in [-0.3, -0.25) is 0 Å². The van der Waals surface area contributed by atoms with Gasteiger partial charge in [-0.15, -0.1) is 0 Å². The van der Waals surface area contributed by atoms with Gasteiger partial charge >= 0.3 is 0 Å². The Balaban J connectivity index is 2.93. The molecule has 6 nitrogen and oxygen atoms in total. The summed E-state index contributed by atoms with van der Waals surface area (Å²) in [5, 5.41) is 22.7. The Kier molecular flexibility index (Phi) is 4.78. The Morgan fingerprint density at radius 1 is 1.47 bits per heavy atom. The van der Waals surface area contributed by atoms with Crippen LogP contribution in [0.4, 0.5) is 5.69 Å². The van der Waals surface area contributed by atoms with Crippen molar-refractivity contribution in [3.05, 3.63) is 39.8 Å². The van der Waals surface area contributed by atoms with Crippen LogP contribution in [-0.2, 0) is 6.42 Å². The molecule has 6 heteroatoms. The van der Waals surface area contributed by atoms with Gasteiger partial charge in [0.25, 0.3) is 0 Å². The molecule has 0 radical (unpaired) electrons. The second kappa shape index (κ2) is 6.10. The van der Waals surface area contributed by atoms with Crippen molar-refractivity contribution >= 4 is 5.69 Å². The van der Waals surface area contributed by atoms with E-state index in [1.54, 1.807) is 12.1 Å². The molecule has 0 spiro atoms. The number of anilines is 1. The number of nitrogen functional groups attached to an aromatic ring is 1. The molecule has 0 aliphatic heterocycles. The number of rotatable bonds is 5. The van der Waals surface area contributed by atoms with Crippen LogP contribution in [0.25, 0.3) is 10.4 Å². The molecule has 4 N–H and O–H groups in total. The van der Waals surface area contributed by atoms with Crippen LogP contribution in [0.2, 0.25) is 0 Å². The molecule has 0 aliphatic rings. The Labute approximate surface area is 99.3 Å². The first-order chi connectivity index (χ1) is 8.10. The third-order valence-corrected chi connectivity index (χ3v) is 2.57. The number of hydrogen-bond donors (Lipinski definition) is 3. The van der Waals surface area contributed by atoms with Crippen LogP contribution in [0.15, 0.2) is 23.3 Å². The Bertz CT molecular complexity index is 429. The summed E-state index contributed by atoms with van der Waals surface area (Å²) in [6.07, 6.45) is -1.49. The van der Waals surface area contributed by atoms with Gasteiger partial charge in [0.15, 0.2) is 0 Å². The van der Waals surface area contributed by atoms with Crippen molar-refractivity contribution in [2.75, 3.05) is 12.3 Å². The summed E-state index contributed by atoms with van der Waals surface area (Å²) < 4.78 is 0. The van der Waals surface area contributed by atoms with Crippen molar-refractivity contribution in [3.8, 4) is 0 Å². The number of aryl methyl sites for hydroxylation is 1. The van der Waals surface area contributed by atoms with E-state index in [1.165, 1.54) is 0 Å². The zero-order chi connectivity index (χ0) is 12.8. The molecule has 0 aliphatic carbocycles. The molecular weight excluding hydrogens is 220 g/mol. The summed E-state index contributed by atoms with van der Waals surface area (Å²) in [5.74, 6) is 0. The summed E-state index contributed by atoms with van der Waals surface area (Å²) in [5.41, 5.74) is 15.8. The maximum Gasteiger partial charge on any atom is 0.107 e. The first-order valence-electron chi connectivity index (χ1n) is 5.35. The number of nitrogens with zero attached hydrogens (tertiary/aromatic N) is 3. The third kappa shape index (κ3) is 3.35. The van der Waals surface area contributed by atoms with Gasteiger partial charge in [-0.25, -0.2) is 0 Å². The Morgan fingerprint density at radius 2 is 2.18 bits per heavy atom. The lowest BCUT2D eigenvalue weighted by Gasteiger charge is -2.18. The van der Waals surface area contributed by atoms with Crippen LogP contribution in [0.1, 0.15) is 24.2 Å². The molecule has 0 heterocycles. The molecule has 0 amide bonds. The minimum absolute atomic E-state index is 0.187.